The molecule has 25 heavy (non-hydrogen) atoms. The van der Waals surface area contributed by atoms with Crippen LogP contribution in [0.4, 0.5) is 0 Å². The monoisotopic (exact) mass is 385 g/mol. The molecule has 0 atom stereocenters. The first-order valence-electron chi connectivity index (χ1n) is 7.72. The molecule has 0 aromatic carbocycles. The lowest BCUT2D eigenvalue weighted by molar-refractivity contribution is 0.461. The minimum atomic E-state index is -3.43. The minimum absolute atomic E-state index is 0.318. The van der Waals surface area contributed by atoms with Gasteiger partial charge in [-0.3, -0.25) is 4.99 Å². The molecule has 2 rings (SSSR count). The summed E-state index contributed by atoms with van der Waals surface area (Å²) >= 11 is 1.21. The highest BCUT2D eigenvalue weighted by Gasteiger charge is 2.21. The Hall–Kier alpha value is -1.91. The third kappa shape index (κ3) is 5.03. The highest BCUT2D eigenvalue weighted by atomic mass is 32.2. The van der Waals surface area contributed by atoms with Crippen LogP contribution in [0, 0.1) is 13.8 Å². The molecule has 0 amide bonds. The number of nitrogens with zero attached hydrogens (tertiary/aromatic N) is 3. The van der Waals surface area contributed by atoms with Gasteiger partial charge < -0.3 is 15.1 Å². The number of thiophene rings is 1. The van der Waals surface area contributed by atoms with Crippen LogP contribution >= 0.6 is 11.3 Å². The van der Waals surface area contributed by atoms with Crippen LogP contribution in [0.3, 0.4) is 0 Å². The van der Waals surface area contributed by atoms with Crippen LogP contribution in [0.1, 0.15) is 17.3 Å². The Kier molecular flexibility index (Phi) is 6.57. The van der Waals surface area contributed by atoms with Crippen LogP contribution in [0.2, 0.25) is 0 Å². The fourth-order valence-electron chi connectivity index (χ4n) is 2.01. The molecule has 8 nitrogen and oxygen atoms in total. The van der Waals surface area contributed by atoms with Gasteiger partial charge in [0.1, 0.15) is 9.97 Å². The van der Waals surface area contributed by atoms with Crippen molar-refractivity contribution in [2.75, 3.05) is 27.2 Å². The zero-order chi connectivity index (χ0) is 18.4. The first kappa shape index (κ1) is 19.4. The van der Waals surface area contributed by atoms with E-state index in [-0.39, 0.29) is 0 Å². The number of guanidine groups is 1. The molecule has 0 aliphatic carbocycles. The zero-order valence-corrected chi connectivity index (χ0v) is 16.4. The highest BCUT2D eigenvalue weighted by Crippen LogP contribution is 2.19. The number of aromatic nitrogens is 1. The molecule has 2 aromatic heterocycles. The Balaban J connectivity index is 1.81. The van der Waals surface area contributed by atoms with E-state index in [9.17, 15) is 8.42 Å². The van der Waals surface area contributed by atoms with E-state index >= 15 is 0 Å². The van der Waals surface area contributed by atoms with Crippen molar-refractivity contribution in [3.63, 3.8) is 0 Å². The van der Waals surface area contributed by atoms with Crippen LogP contribution in [0.15, 0.2) is 31.1 Å². The summed E-state index contributed by atoms with van der Waals surface area (Å²) in [4.78, 5) is 8.39. The van der Waals surface area contributed by atoms with Gasteiger partial charge in [0, 0.05) is 27.2 Å². The number of aryl methyl sites for hydroxylation is 2. The quantitative estimate of drug-likeness (QED) is 0.551. The number of oxazole rings is 1. The maximum absolute atomic E-state index is 12.3. The Morgan fingerprint density at radius 3 is 2.72 bits per heavy atom. The van der Waals surface area contributed by atoms with Gasteiger partial charge >= 0.3 is 0 Å². The normalized spacial score (nSPS) is 12.6. The molecule has 2 N–H and O–H groups in total. The van der Waals surface area contributed by atoms with Gasteiger partial charge in [-0.05, 0) is 25.3 Å². The first-order chi connectivity index (χ1) is 11.8. The van der Waals surface area contributed by atoms with Crippen molar-refractivity contribution in [2.45, 2.75) is 24.6 Å². The maximum Gasteiger partial charge on any atom is 0.252 e. The van der Waals surface area contributed by atoms with E-state index in [0.29, 0.717) is 35.7 Å². The van der Waals surface area contributed by atoms with E-state index in [1.807, 2.05) is 13.8 Å². The summed E-state index contributed by atoms with van der Waals surface area (Å²) in [5.74, 6) is 1.92. The fourth-order valence-corrected chi connectivity index (χ4v) is 4.38. The van der Waals surface area contributed by atoms with Crippen LogP contribution in [0.5, 0.6) is 0 Å². The summed E-state index contributed by atoms with van der Waals surface area (Å²) < 4.78 is 31.8. The van der Waals surface area contributed by atoms with Crippen molar-refractivity contribution in [2.24, 2.45) is 4.99 Å². The number of sulfonamides is 1. The molecule has 0 bridgehead atoms. The SMILES string of the molecule is CN=C(NCCN(C)S(=O)(=O)c1cccs1)NCc1nc(C)c(C)o1. The third-order valence-electron chi connectivity index (χ3n) is 3.58. The van der Waals surface area contributed by atoms with E-state index in [2.05, 4.69) is 20.6 Å². The molecule has 0 saturated carbocycles. The van der Waals surface area contributed by atoms with Crippen molar-refractivity contribution >= 4 is 27.3 Å². The van der Waals surface area contributed by atoms with Gasteiger partial charge in [-0.15, -0.1) is 11.3 Å². The van der Waals surface area contributed by atoms with Gasteiger partial charge in [0.05, 0.1) is 12.2 Å². The summed E-state index contributed by atoms with van der Waals surface area (Å²) in [7, 11) is -0.224. The molecule has 0 spiro atoms. The predicted octanol–water partition coefficient (Wildman–Crippen LogP) is 1.34. The minimum Gasteiger partial charge on any atom is -0.444 e. The summed E-state index contributed by atoms with van der Waals surface area (Å²) in [5, 5.41) is 7.91. The molecule has 2 heterocycles. The van der Waals surface area contributed by atoms with Gasteiger partial charge in [0.15, 0.2) is 5.96 Å². The lowest BCUT2D eigenvalue weighted by Gasteiger charge is -2.17. The number of hydrogen-bond acceptors (Lipinski definition) is 6. The molecular formula is C15H23N5O3S2. The highest BCUT2D eigenvalue weighted by molar-refractivity contribution is 7.91. The first-order valence-corrected chi connectivity index (χ1v) is 10.0. The zero-order valence-electron chi connectivity index (χ0n) is 14.7. The number of likely N-dealkylation sites (N-methyl/N-ethyl adjacent to an activating group) is 1. The summed E-state index contributed by atoms with van der Waals surface area (Å²) in [6.07, 6.45) is 0. The molecule has 138 valence electrons. The van der Waals surface area contributed by atoms with E-state index < -0.39 is 10.0 Å². The number of aliphatic imine (C=N–C) groups is 1. The molecule has 0 saturated heterocycles. The molecule has 0 unspecified atom stereocenters. The van der Waals surface area contributed by atoms with Gasteiger partial charge in [0.25, 0.3) is 10.0 Å². The Morgan fingerprint density at radius 1 is 1.40 bits per heavy atom. The molecule has 0 aliphatic rings. The smallest absolute Gasteiger partial charge is 0.252 e. The predicted molar refractivity (Wildman–Crippen MR) is 98.3 cm³/mol. The van der Waals surface area contributed by atoms with Gasteiger partial charge in [-0.2, -0.15) is 4.31 Å². The second-order valence-corrected chi connectivity index (χ2v) is 8.58. The van der Waals surface area contributed by atoms with Gasteiger partial charge in [0.2, 0.25) is 5.89 Å². The lowest BCUT2D eigenvalue weighted by Crippen LogP contribution is -2.41. The van der Waals surface area contributed by atoms with Crippen LogP contribution in [-0.4, -0.2) is 50.9 Å². The lowest BCUT2D eigenvalue weighted by atomic mass is 10.4. The second kappa shape index (κ2) is 8.45. The maximum atomic E-state index is 12.3. The summed E-state index contributed by atoms with van der Waals surface area (Å²) in [6, 6.07) is 3.33. The molecular weight excluding hydrogens is 362 g/mol. The van der Waals surface area contributed by atoms with E-state index in [1.54, 1.807) is 31.6 Å². The molecule has 0 radical (unpaired) electrons. The Labute approximate surface area is 152 Å². The van der Waals surface area contributed by atoms with Crippen molar-refractivity contribution in [1.82, 2.24) is 19.9 Å². The van der Waals surface area contributed by atoms with Crippen molar-refractivity contribution < 1.29 is 12.8 Å². The molecule has 0 aliphatic heterocycles. The van der Waals surface area contributed by atoms with E-state index in [1.165, 1.54) is 15.6 Å². The number of nitrogens with one attached hydrogen (secondary N) is 2. The fraction of sp³-hybridized carbons (Fsp3) is 0.467. The van der Waals surface area contributed by atoms with Crippen molar-refractivity contribution in [3.8, 4) is 0 Å². The van der Waals surface area contributed by atoms with E-state index in [4.69, 9.17) is 4.42 Å². The van der Waals surface area contributed by atoms with Crippen molar-refractivity contribution in [1.29, 1.82) is 0 Å². The standard InChI is InChI=1S/C15H23N5O3S2/c1-11-12(2)23-13(19-11)10-18-15(16-3)17-7-8-20(4)25(21,22)14-6-5-9-24-14/h5-6,9H,7-8,10H2,1-4H3,(H2,16,17,18). The average molecular weight is 386 g/mol. The average Bonchev–Trinajstić information content (AvgIpc) is 3.21. The largest absolute Gasteiger partial charge is 0.444 e. The summed E-state index contributed by atoms with van der Waals surface area (Å²) in [6.45, 7) is 4.89. The second-order valence-electron chi connectivity index (χ2n) is 5.36. The van der Waals surface area contributed by atoms with Crippen LogP contribution < -0.4 is 10.6 Å². The molecule has 0 fully saturated rings. The molecule has 2 aromatic rings. The van der Waals surface area contributed by atoms with Crippen molar-refractivity contribution in [3.05, 3.63) is 34.9 Å². The number of rotatable bonds is 7. The third-order valence-corrected chi connectivity index (χ3v) is 6.81. The van der Waals surface area contributed by atoms with Gasteiger partial charge in [-0.25, -0.2) is 13.4 Å². The Morgan fingerprint density at radius 2 is 2.16 bits per heavy atom. The molecule has 10 heteroatoms. The van der Waals surface area contributed by atoms with Crippen LogP contribution in [-0.2, 0) is 16.6 Å². The van der Waals surface area contributed by atoms with Gasteiger partial charge in [-0.1, -0.05) is 6.07 Å². The summed E-state index contributed by atoms with van der Waals surface area (Å²) in [5.41, 5.74) is 0.861. The topological polar surface area (TPSA) is 99.8 Å². The number of hydrogen-bond donors (Lipinski definition) is 2. The van der Waals surface area contributed by atoms with E-state index in [0.717, 1.165) is 11.5 Å². The van der Waals surface area contributed by atoms with Crippen LogP contribution in [0.25, 0.3) is 0 Å². The Bertz CT molecular complexity index is 793.